The lowest BCUT2D eigenvalue weighted by atomic mass is 10.2. The lowest BCUT2D eigenvalue weighted by Gasteiger charge is -2.26. The van der Waals surface area contributed by atoms with Crippen LogP contribution in [0.1, 0.15) is 27.4 Å². The molecule has 0 radical (unpaired) electrons. The van der Waals surface area contributed by atoms with Gasteiger partial charge in [0, 0.05) is 25.3 Å². The minimum atomic E-state index is -0.277. The van der Waals surface area contributed by atoms with E-state index in [-0.39, 0.29) is 18.3 Å². The number of carbonyl (C=O) groups is 1. The molecule has 4 rings (SSSR count). The highest BCUT2D eigenvalue weighted by atomic mass is 16.5. The minimum absolute atomic E-state index is 0.261. The van der Waals surface area contributed by atoms with Crippen molar-refractivity contribution in [3.05, 3.63) is 83.3 Å². The minimum Gasteiger partial charge on any atom is -0.486 e. The van der Waals surface area contributed by atoms with E-state index in [1.54, 1.807) is 12.1 Å². The van der Waals surface area contributed by atoms with Gasteiger partial charge in [-0.2, -0.15) is 0 Å². The van der Waals surface area contributed by atoms with E-state index in [0.29, 0.717) is 5.76 Å². The number of benzene rings is 2. The molecule has 0 atom stereocenters. The lowest BCUT2D eigenvalue weighted by Crippen LogP contribution is -2.35. The maximum atomic E-state index is 12.6. The molecule has 156 valence electrons. The van der Waals surface area contributed by atoms with Crippen molar-refractivity contribution in [1.29, 1.82) is 0 Å². The summed E-state index contributed by atoms with van der Waals surface area (Å²) in [5.74, 6) is 1.36. The normalized spacial score (nSPS) is 14.4. The van der Waals surface area contributed by atoms with Crippen LogP contribution in [0.2, 0.25) is 0 Å². The Kier molecular flexibility index (Phi) is 6.47. The molecular weight excluding hydrogens is 380 g/mol. The van der Waals surface area contributed by atoms with Gasteiger partial charge in [0.2, 0.25) is 0 Å². The first-order valence-corrected chi connectivity index (χ1v) is 10.1. The van der Waals surface area contributed by atoms with Crippen LogP contribution in [-0.2, 0) is 17.9 Å². The van der Waals surface area contributed by atoms with Crippen molar-refractivity contribution in [2.24, 2.45) is 0 Å². The molecule has 1 N–H and O–H groups in total. The molecule has 0 aliphatic carbocycles. The van der Waals surface area contributed by atoms with Crippen LogP contribution in [0.4, 0.5) is 5.69 Å². The van der Waals surface area contributed by atoms with Gasteiger partial charge in [0.05, 0.1) is 13.2 Å². The van der Waals surface area contributed by atoms with Gasteiger partial charge in [0.15, 0.2) is 5.76 Å². The van der Waals surface area contributed by atoms with Crippen molar-refractivity contribution in [3.8, 4) is 5.75 Å². The summed E-state index contributed by atoms with van der Waals surface area (Å²) >= 11 is 0. The second-order valence-corrected chi connectivity index (χ2v) is 7.41. The highest BCUT2D eigenvalue weighted by Gasteiger charge is 2.14. The summed E-state index contributed by atoms with van der Waals surface area (Å²) < 4.78 is 16.8. The quantitative estimate of drug-likeness (QED) is 0.635. The molecule has 6 nitrogen and oxygen atoms in total. The largest absolute Gasteiger partial charge is 0.486 e. The molecule has 1 aromatic heterocycles. The number of amides is 1. The van der Waals surface area contributed by atoms with Crippen LogP contribution in [0.3, 0.4) is 0 Å². The summed E-state index contributed by atoms with van der Waals surface area (Å²) in [5, 5.41) is 2.91. The molecule has 1 fully saturated rings. The summed E-state index contributed by atoms with van der Waals surface area (Å²) in [7, 11) is 0. The van der Waals surface area contributed by atoms with Crippen LogP contribution in [-0.4, -0.2) is 37.1 Å². The molecule has 30 heavy (non-hydrogen) atoms. The zero-order valence-electron chi connectivity index (χ0n) is 17.1. The lowest BCUT2D eigenvalue weighted by molar-refractivity contribution is 0.0342. The molecule has 1 amide bonds. The second kappa shape index (κ2) is 9.61. The number of furan rings is 1. The van der Waals surface area contributed by atoms with Crippen molar-refractivity contribution in [3.63, 3.8) is 0 Å². The molecule has 3 aromatic rings. The summed E-state index contributed by atoms with van der Waals surface area (Å²) in [6.45, 7) is 6.51. The predicted octanol–water partition coefficient (Wildman–Crippen LogP) is 4.25. The fraction of sp³-hybridized carbons (Fsp3) is 0.292. The Labute approximate surface area is 176 Å². The van der Waals surface area contributed by atoms with Crippen molar-refractivity contribution in [2.75, 3.05) is 31.6 Å². The van der Waals surface area contributed by atoms with E-state index in [2.05, 4.69) is 16.3 Å². The molecule has 1 aliphatic heterocycles. The number of anilines is 1. The van der Waals surface area contributed by atoms with Crippen LogP contribution < -0.4 is 10.1 Å². The van der Waals surface area contributed by atoms with Crippen LogP contribution in [0, 0.1) is 6.92 Å². The molecule has 6 heteroatoms. The standard InChI is InChI=1S/C24H26N2O4/c1-18-4-2-7-21(14-18)29-17-22-8-9-23(30-22)24(27)25-20-6-3-5-19(15-20)16-26-10-12-28-13-11-26/h2-9,14-15H,10-13,16-17H2,1H3,(H,25,27). The third kappa shape index (κ3) is 5.49. The first kappa shape index (κ1) is 20.2. The van der Waals surface area contributed by atoms with E-state index in [1.165, 1.54) is 0 Å². The Morgan fingerprint density at radius 2 is 1.90 bits per heavy atom. The van der Waals surface area contributed by atoms with E-state index in [1.807, 2.05) is 49.4 Å². The van der Waals surface area contributed by atoms with Gasteiger partial charge in [0.1, 0.15) is 18.1 Å². The predicted molar refractivity (Wildman–Crippen MR) is 115 cm³/mol. The van der Waals surface area contributed by atoms with E-state index in [4.69, 9.17) is 13.9 Å². The fourth-order valence-corrected chi connectivity index (χ4v) is 3.39. The van der Waals surface area contributed by atoms with E-state index < -0.39 is 0 Å². The number of hydrogen-bond donors (Lipinski definition) is 1. The van der Waals surface area contributed by atoms with Gasteiger partial charge >= 0.3 is 0 Å². The van der Waals surface area contributed by atoms with Crippen LogP contribution in [0.15, 0.2) is 65.1 Å². The smallest absolute Gasteiger partial charge is 0.291 e. The highest BCUT2D eigenvalue weighted by Crippen LogP contribution is 2.18. The van der Waals surface area contributed by atoms with Gasteiger partial charge < -0.3 is 19.2 Å². The maximum Gasteiger partial charge on any atom is 0.291 e. The van der Waals surface area contributed by atoms with Crippen molar-refractivity contribution in [2.45, 2.75) is 20.1 Å². The molecule has 0 bridgehead atoms. The molecule has 2 aromatic carbocycles. The summed E-state index contributed by atoms with van der Waals surface area (Å²) in [6, 6.07) is 19.1. The maximum absolute atomic E-state index is 12.6. The molecule has 1 aliphatic rings. The average molecular weight is 406 g/mol. The zero-order valence-corrected chi connectivity index (χ0v) is 17.1. The number of aryl methyl sites for hydroxylation is 1. The number of carbonyl (C=O) groups excluding carboxylic acids is 1. The topological polar surface area (TPSA) is 63.9 Å². The van der Waals surface area contributed by atoms with E-state index in [0.717, 1.165) is 55.4 Å². The first-order valence-electron chi connectivity index (χ1n) is 10.1. The zero-order chi connectivity index (χ0) is 20.8. The average Bonchev–Trinajstić information content (AvgIpc) is 3.23. The summed E-state index contributed by atoms with van der Waals surface area (Å²) in [6.07, 6.45) is 0. The molecule has 1 saturated heterocycles. The summed E-state index contributed by atoms with van der Waals surface area (Å²) in [4.78, 5) is 14.9. The van der Waals surface area contributed by atoms with Gasteiger partial charge in [-0.3, -0.25) is 9.69 Å². The molecule has 2 heterocycles. The van der Waals surface area contributed by atoms with Gasteiger partial charge in [-0.1, -0.05) is 24.3 Å². The Morgan fingerprint density at radius 3 is 2.73 bits per heavy atom. The van der Waals surface area contributed by atoms with Crippen LogP contribution in [0.25, 0.3) is 0 Å². The summed E-state index contributed by atoms with van der Waals surface area (Å²) in [5.41, 5.74) is 3.03. The number of morpholine rings is 1. The Balaban J connectivity index is 1.33. The van der Waals surface area contributed by atoms with Crippen LogP contribution >= 0.6 is 0 Å². The van der Waals surface area contributed by atoms with Crippen molar-refractivity contribution in [1.82, 2.24) is 4.90 Å². The number of hydrogen-bond acceptors (Lipinski definition) is 5. The number of rotatable bonds is 7. The number of nitrogens with zero attached hydrogens (tertiary/aromatic N) is 1. The number of ether oxygens (including phenoxy) is 2. The second-order valence-electron chi connectivity index (χ2n) is 7.41. The van der Waals surface area contributed by atoms with Crippen molar-refractivity contribution >= 4 is 11.6 Å². The Morgan fingerprint density at radius 1 is 1.07 bits per heavy atom. The number of nitrogens with one attached hydrogen (secondary N) is 1. The fourth-order valence-electron chi connectivity index (χ4n) is 3.39. The monoisotopic (exact) mass is 406 g/mol. The first-order chi connectivity index (χ1) is 14.7. The Bertz CT molecular complexity index is 992. The molecular formula is C24H26N2O4. The van der Waals surface area contributed by atoms with Gasteiger partial charge in [0.25, 0.3) is 5.91 Å². The highest BCUT2D eigenvalue weighted by molar-refractivity contribution is 6.02. The van der Waals surface area contributed by atoms with E-state index >= 15 is 0 Å². The van der Waals surface area contributed by atoms with Crippen molar-refractivity contribution < 1.29 is 18.7 Å². The Hall–Kier alpha value is -3.09. The van der Waals surface area contributed by atoms with E-state index in [9.17, 15) is 4.79 Å². The van der Waals surface area contributed by atoms with Gasteiger partial charge in [-0.05, 0) is 54.4 Å². The third-order valence-electron chi connectivity index (χ3n) is 4.95. The SMILES string of the molecule is Cc1cccc(OCc2ccc(C(=O)Nc3cccc(CN4CCOCC4)c3)o2)c1. The molecule has 0 spiro atoms. The van der Waals surface area contributed by atoms with Crippen LogP contribution in [0.5, 0.6) is 5.75 Å². The van der Waals surface area contributed by atoms with Gasteiger partial charge in [-0.15, -0.1) is 0 Å². The molecule has 0 saturated carbocycles. The van der Waals surface area contributed by atoms with Gasteiger partial charge in [-0.25, -0.2) is 0 Å². The molecule has 0 unspecified atom stereocenters. The third-order valence-corrected chi connectivity index (χ3v) is 4.95.